The quantitative estimate of drug-likeness (QED) is 0.229. The molecule has 1 fully saturated rings. The molecule has 1 aromatic carbocycles. The molecule has 46 heavy (non-hydrogen) atoms. The summed E-state index contributed by atoms with van der Waals surface area (Å²) in [5, 5.41) is 0. The summed E-state index contributed by atoms with van der Waals surface area (Å²) in [6.45, 7) is 12.2. The van der Waals surface area contributed by atoms with Crippen molar-refractivity contribution in [2.75, 3.05) is 11.4 Å². The van der Waals surface area contributed by atoms with Gasteiger partial charge in [0.15, 0.2) is 0 Å². The third kappa shape index (κ3) is 9.13. The number of aromatic nitrogens is 2. The van der Waals surface area contributed by atoms with Crippen molar-refractivity contribution in [3.63, 3.8) is 0 Å². The van der Waals surface area contributed by atoms with E-state index in [0.717, 1.165) is 16.9 Å². The molecule has 1 amide bonds. The number of ether oxygens (including phenoxy) is 2. The number of nitrogens with zero attached hydrogens (tertiary/aromatic N) is 3. The molecular weight excluding hydrogens is 604 g/mol. The Kier molecular flexibility index (Phi) is 10.6. The number of esters is 1. The number of rotatable bonds is 11. The average molecular weight is 651 g/mol. The topological polar surface area (TPSA) is 128 Å². The lowest BCUT2D eigenvalue weighted by Crippen LogP contribution is -2.42. The summed E-state index contributed by atoms with van der Waals surface area (Å²) in [5.74, 6) is -0.524. The minimum Gasteiger partial charge on any atom is -0.459 e. The van der Waals surface area contributed by atoms with Crippen molar-refractivity contribution in [1.29, 1.82) is 0 Å². The molecule has 1 atom stereocenters. The largest absolute Gasteiger partial charge is 0.459 e. The van der Waals surface area contributed by atoms with Crippen LogP contribution in [0.15, 0.2) is 71.9 Å². The maximum absolute atomic E-state index is 13.5. The summed E-state index contributed by atoms with van der Waals surface area (Å²) in [6, 6.07) is 15.5. The fourth-order valence-corrected chi connectivity index (χ4v) is 6.66. The standard InChI is InChI=1S/C35H46N4O6S/c1-8-35(19-11-20-35)26-17-15-25(16-18-26)22-29(38-46(42,43)27-12-10-21-36-23-27)28-13-9-14-30(37-28)39(32(41)45-34(5,6)7)24-31(40)44-33(2,3)4/h9-10,12-18,21,23,29,38H,8,11,19-20,22,24H2,1-7H3. The molecule has 1 saturated carbocycles. The Morgan fingerprint density at radius 2 is 1.63 bits per heavy atom. The second-order valence-electron chi connectivity index (χ2n) is 13.8. The van der Waals surface area contributed by atoms with Gasteiger partial charge in [-0.1, -0.05) is 43.7 Å². The molecule has 0 spiro atoms. The van der Waals surface area contributed by atoms with Gasteiger partial charge in [-0.25, -0.2) is 22.9 Å². The van der Waals surface area contributed by atoms with Crippen LogP contribution in [0.4, 0.5) is 10.6 Å². The summed E-state index contributed by atoms with van der Waals surface area (Å²) < 4.78 is 40.9. The molecule has 2 aromatic heterocycles. The smallest absolute Gasteiger partial charge is 0.416 e. The van der Waals surface area contributed by atoms with Gasteiger partial charge in [0.1, 0.15) is 28.5 Å². The van der Waals surface area contributed by atoms with E-state index < -0.39 is 45.9 Å². The fraction of sp³-hybridized carbons (Fsp3) is 0.486. The third-order valence-electron chi connectivity index (χ3n) is 7.95. The number of pyridine rings is 2. The van der Waals surface area contributed by atoms with Crippen LogP contribution < -0.4 is 9.62 Å². The molecule has 0 bridgehead atoms. The van der Waals surface area contributed by atoms with Crippen LogP contribution in [0, 0.1) is 0 Å². The highest BCUT2D eigenvalue weighted by Crippen LogP contribution is 2.46. The highest BCUT2D eigenvalue weighted by atomic mass is 32.2. The van der Waals surface area contributed by atoms with Gasteiger partial charge in [-0.15, -0.1) is 0 Å². The SMILES string of the molecule is CCC1(c2ccc(CC(NS(=O)(=O)c3cccnc3)c3cccc(N(CC(=O)OC(C)(C)C)C(=O)OC(C)(C)C)n3)cc2)CCC1. The number of amides is 1. The van der Waals surface area contributed by atoms with Crippen LogP contribution >= 0.6 is 0 Å². The van der Waals surface area contributed by atoms with Crippen LogP contribution in [0.5, 0.6) is 0 Å². The van der Waals surface area contributed by atoms with Gasteiger partial charge in [0.2, 0.25) is 10.0 Å². The van der Waals surface area contributed by atoms with Crippen LogP contribution in [0.2, 0.25) is 0 Å². The van der Waals surface area contributed by atoms with Gasteiger partial charge in [0.05, 0.1) is 11.7 Å². The van der Waals surface area contributed by atoms with Crippen LogP contribution in [0.25, 0.3) is 0 Å². The molecule has 0 aliphatic heterocycles. The lowest BCUT2D eigenvalue weighted by Gasteiger charge is -2.42. The van der Waals surface area contributed by atoms with E-state index in [2.05, 4.69) is 28.8 Å². The van der Waals surface area contributed by atoms with Crippen molar-refractivity contribution in [2.45, 2.75) is 108 Å². The minimum absolute atomic E-state index is 0.0154. The van der Waals surface area contributed by atoms with E-state index in [1.807, 2.05) is 12.1 Å². The first-order chi connectivity index (χ1) is 21.5. The second kappa shape index (κ2) is 13.9. The summed E-state index contributed by atoms with van der Waals surface area (Å²) in [7, 11) is -4.00. The molecule has 1 aliphatic rings. The lowest BCUT2D eigenvalue weighted by molar-refractivity contribution is -0.153. The normalized spacial score (nSPS) is 15.4. The lowest BCUT2D eigenvalue weighted by atomic mass is 9.63. The molecular formula is C35H46N4O6S. The van der Waals surface area contributed by atoms with Crippen molar-refractivity contribution in [3.8, 4) is 0 Å². The Labute approximate surface area is 273 Å². The molecule has 3 aromatic rings. The fourth-order valence-electron chi connectivity index (χ4n) is 5.49. The summed E-state index contributed by atoms with van der Waals surface area (Å²) in [4.78, 5) is 36.0. The van der Waals surface area contributed by atoms with E-state index in [1.54, 1.807) is 65.8 Å². The number of benzene rings is 1. The zero-order valence-electron chi connectivity index (χ0n) is 27.9. The number of sulfonamides is 1. The predicted octanol–water partition coefficient (Wildman–Crippen LogP) is 6.65. The van der Waals surface area contributed by atoms with E-state index in [9.17, 15) is 18.0 Å². The van der Waals surface area contributed by atoms with Crippen LogP contribution in [0.3, 0.4) is 0 Å². The first-order valence-electron chi connectivity index (χ1n) is 15.7. The Morgan fingerprint density at radius 1 is 0.957 bits per heavy atom. The van der Waals surface area contributed by atoms with Gasteiger partial charge in [-0.2, -0.15) is 0 Å². The Morgan fingerprint density at radius 3 is 2.17 bits per heavy atom. The number of nitrogens with one attached hydrogen (secondary N) is 1. The van der Waals surface area contributed by atoms with Crippen molar-refractivity contribution < 1.29 is 27.5 Å². The Bertz CT molecular complexity index is 1600. The molecule has 11 heteroatoms. The van der Waals surface area contributed by atoms with Crippen molar-refractivity contribution >= 4 is 27.9 Å². The van der Waals surface area contributed by atoms with Gasteiger partial charge in [-0.3, -0.25) is 14.7 Å². The number of carbonyl (C=O) groups excluding carboxylic acids is 2. The van der Waals surface area contributed by atoms with Crippen molar-refractivity contribution in [1.82, 2.24) is 14.7 Å². The average Bonchev–Trinajstić information content (AvgIpc) is 2.95. The number of hydrogen-bond donors (Lipinski definition) is 1. The highest BCUT2D eigenvalue weighted by molar-refractivity contribution is 7.89. The first kappa shape index (κ1) is 35.0. The summed E-state index contributed by atoms with van der Waals surface area (Å²) in [6.07, 6.45) is 6.93. The molecule has 10 nitrogen and oxygen atoms in total. The Balaban J connectivity index is 1.71. The van der Waals surface area contributed by atoms with Crippen molar-refractivity contribution in [2.24, 2.45) is 0 Å². The molecule has 0 saturated heterocycles. The molecule has 1 unspecified atom stereocenters. The van der Waals surface area contributed by atoms with Crippen LogP contribution in [-0.4, -0.2) is 48.2 Å². The van der Waals surface area contributed by atoms with E-state index in [-0.39, 0.29) is 22.5 Å². The molecule has 1 N–H and O–H groups in total. The Hall–Kier alpha value is -3.83. The highest BCUT2D eigenvalue weighted by Gasteiger charge is 2.36. The van der Waals surface area contributed by atoms with Gasteiger partial charge in [-0.05, 0) is 108 Å². The molecule has 0 radical (unpaired) electrons. The number of hydrogen-bond acceptors (Lipinski definition) is 8. The van der Waals surface area contributed by atoms with Gasteiger partial charge >= 0.3 is 12.1 Å². The van der Waals surface area contributed by atoms with E-state index in [1.165, 1.54) is 43.3 Å². The molecule has 1 aliphatic carbocycles. The van der Waals surface area contributed by atoms with E-state index in [4.69, 9.17) is 14.5 Å². The van der Waals surface area contributed by atoms with Gasteiger partial charge in [0.25, 0.3) is 0 Å². The monoisotopic (exact) mass is 650 g/mol. The second-order valence-corrected chi connectivity index (χ2v) is 15.5. The predicted molar refractivity (Wildman–Crippen MR) is 177 cm³/mol. The third-order valence-corrected chi connectivity index (χ3v) is 9.40. The van der Waals surface area contributed by atoms with E-state index in [0.29, 0.717) is 5.69 Å². The van der Waals surface area contributed by atoms with Crippen LogP contribution in [-0.2, 0) is 36.1 Å². The maximum Gasteiger partial charge on any atom is 0.416 e. The van der Waals surface area contributed by atoms with Gasteiger partial charge < -0.3 is 9.47 Å². The zero-order chi connectivity index (χ0) is 33.8. The molecule has 4 rings (SSSR count). The molecule has 248 valence electrons. The summed E-state index contributed by atoms with van der Waals surface area (Å²) in [5.41, 5.74) is 1.17. The maximum atomic E-state index is 13.5. The van der Waals surface area contributed by atoms with Crippen LogP contribution in [0.1, 0.15) is 97.0 Å². The first-order valence-corrected chi connectivity index (χ1v) is 17.2. The number of anilines is 1. The zero-order valence-corrected chi connectivity index (χ0v) is 28.7. The van der Waals surface area contributed by atoms with Crippen molar-refractivity contribution in [3.05, 3.63) is 83.8 Å². The van der Waals surface area contributed by atoms with Gasteiger partial charge in [0, 0.05) is 12.4 Å². The summed E-state index contributed by atoms with van der Waals surface area (Å²) >= 11 is 0. The number of carbonyl (C=O) groups is 2. The molecule has 2 heterocycles. The van der Waals surface area contributed by atoms with E-state index >= 15 is 0 Å². The minimum atomic E-state index is -4.00.